The van der Waals surface area contributed by atoms with Crippen molar-refractivity contribution in [2.75, 3.05) is 6.54 Å². The molecule has 0 radical (unpaired) electrons. The van der Waals surface area contributed by atoms with Crippen LogP contribution in [-0.4, -0.2) is 21.5 Å². The summed E-state index contributed by atoms with van der Waals surface area (Å²) in [5.41, 5.74) is 3.43. The number of β-amino-alcohol motifs (C(OH)–C–C–N with tert-alkyl or cyclic N) is 1. The second-order valence-corrected chi connectivity index (χ2v) is 4.75. The first kappa shape index (κ1) is 11.4. The van der Waals surface area contributed by atoms with Crippen molar-refractivity contribution in [2.24, 2.45) is 0 Å². The lowest BCUT2D eigenvalue weighted by molar-refractivity contribution is 0.0878. The molecule has 0 saturated heterocycles. The molecule has 3 nitrogen and oxygen atoms in total. The van der Waals surface area contributed by atoms with Gasteiger partial charge in [-0.3, -0.25) is 9.88 Å². The Balaban J connectivity index is 1.78. The van der Waals surface area contributed by atoms with Crippen LogP contribution in [0.2, 0.25) is 0 Å². The standard InChI is InChI=1S/C15H16N2O/c18-15-11-17(9-12-4-2-1-3-5-12)10-13-6-7-16-8-14(13)15/h1-8,15,18H,9-11H2. The van der Waals surface area contributed by atoms with Gasteiger partial charge < -0.3 is 5.11 Å². The van der Waals surface area contributed by atoms with E-state index >= 15 is 0 Å². The van der Waals surface area contributed by atoms with Gasteiger partial charge in [0.05, 0.1) is 6.10 Å². The molecule has 1 unspecified atom stereocenters. The number of hydrogen-bond acceptors (Lipinski definition) is 3. The van der Waals surface area contributed by atoms with Crippen LogP contribution >= 0.6 is 0 Å². The van der Waals surface area contributed by atoms with E-state index in [-0.39, 0.29) is 0 Å². The summed E-state index contributed by atoms with van der Waals surface area (Å²) in [7, 11) is 0. The zero-order valence-electron chi connectivity index (χ0n) is 10.2. The van der Waals surface area contributed by atoms with Gasteiger partial charge in [-0.1, -0.05) is 30.3 Å². The van der Waals surface area contributed by atoms with Crippen molar-refractivity contribution in [1.82, 2.24) is 9.88 Å². The van der Waals surface area contributed by atoms with Crippen LogP contribution in [0.1, 0.15) is 22.8 Å². The first-order valence-corrected chi connectivity index (χ1v) is 6.20. The van der Waals surface area contributed by atoms with Gasteiger partial charge in [-0.2, -0.15) is 0 Å². The van der Waals surface area contributed by atoms with Crippen LogP contribution in [0.3, 0.4) is 0 Å². The monoisotopic (exact) mass is 240 g/mol. The molecule has 3 rings (SSSR count). The number of pyridine rings is 1. The highest BCUT2D eigenvalue weighted by Gasteiger charge is 2.23. The third kappa shape index (κ3) is 2.28. The van der Waals surface area contributed by atoms with Gasteiger partial charge in [0.1, 0.15) is 0 Å². The molecule has 1 aliphatic heterocycles. The van der Waals surface area contributed by atoms with Crippen LogP contribution in [0.15, 0.2) is 48.8 Å². The number of aliphatic hydroxyl groups excluding tert-OH is 1. The van der Waals surface area contributed by atoms with Gasteiger partial charge in [-0.05, 0) is 17.2 Å². The second kappa shape index (κ2) is 4.88. The highest BCUT2D eigenvalue weighted by atomic mass is 16.3. The van der Waals surface area contributed by atoms with Crippen LogP contribution in [0.25, 0.3) is 0 Å². The SMILES string of the molecule is OC1CN(Cc2ccccc2)Cc2ccncc21. The zero-order chi connectivity index (χ0) is 12.4. The largest absolute Gasteiger partial charge is 0.387 e. The van der Waals surface area contributed by atoms with Gasteiger partial charge >= 0.3 is 0 Å². The van der Waals surface area contributed by atoms with Crippen LogP contribution in [0, 0.1) is 0 Å². The lowest BCUT2D eigenvalue weighted by Crippen LogP contribution is -2.33. The van der Waals surface area contributed by atoms with Gasteiger partial charge in [0, 0.05) is 37.6 Å². The molecule has 1 atom stereocenters. The maximum Gasteiger partial charge on any atom is 0.0935 e. The molecule has 2 aromatic rings. The molecule has 0 spiro atoms. The summed E-state index contributed by atoms with van der Waals surface area (Å²) < 4.78 is 0. The second-order valence-electron chi connectivity index (χ2n) is 4.75. The molecule has 1 aliphatic rings. The molecule has 92 valence electrons. The third-order valence-corrected chi connectivity index (χ3v) is 3.38. The van der Waals surface area contributed by atoms with Crippen LogP contribution in [-0.2, 0) is 13.1 Å². The van der Waals surface area contributed by atoms with Gasteiger partial charge in [0.25, 0.3) is 0 Å². The zero-order valence-corrected chi connectivity index (χ0v) is 10.2. The van der Waals surface area contributed by atoms with E-state index in [1.807, 2.05) is 24.3 Å². The summed E-state index contributed by atoms with van der Waals surface area (Å²) in [5.74, 6) is 0. The molecule has 0 saturated carbocycles. The third-order valence-electron chi connectivity index (χ3n) is 3.38. The summed E-state index contributed by atoms with van der Waals surface area (Å²) in [6, 6.07) is 12.4. The number of rotatable bonds is 2. The van der Waals surface area contributed by atoms with Gasteiger partial charge in [-0.25, -0.2) is 0 Å². The molecule has 1 N–H and O–H groups in total. The van der Waals surface area contributed by atoms with Crippen molar-refractivity contribution in [2.45, 2.75) is 19.2 Å². The number of aromatic nitrogens is 1. The minimum absolute atomic E-state index is 0.425. The first-order chi connectivity index (χ1) is 8.83. The van der Waals surface area contributed by atoms with Crippen molar-refractivity contribution in [3.05, 3.63) is 65.5 Å². The summed E-state index contributed by atoms with van der Waals surface area (Å²) in [6.45, 7) is 2.43. The molecule has 0 aliphatic carbocycles. The first-order valence-electron chi connectivity index (χ1n) is 6.20. The maximum atomic E-state index is 10.1. The van der Waals surface area contributed by atoms with Crippen LogP contribution in [0.4, 0.5) is 0 Å². The van der Waals surface area contributed by atoms with E-state index < -0.39 is 6.10 Å². The number of aliphatic hydroxyl groups is 1. The van der Waals surface area contributed by atoms with Crippen molar-refractivity contribution in [3.63, 3.8) is 0 Å². The minimum Gasteiger partial charge on any atom is -0.387 e. The minimum atomic E-state index is -0.425. The number of hydrogen-bond donors (Lipinski definition) is 1. The fourth-order valence-electron chi connectivity index (χ4n) is 2.49. The quantitative estimate of drug-likeness (QED) is 0.873. The highest BCUT2D eigenvalue weighted by molar-refractivity contribution is 5.28. The van der Waals surface area contributed by atoms with E-state index in [4.69, 9.17) is 0 Å². The molecule has 18 heavy (non-hydrogen) atoms. The average molecular weight is 240 g/mol. The summed E-state index contributed by atoms with van der Waals surface area (Å²) >= 11 is 0. The van der Waals surface area contributed by atoms with Gasteiger partial charge in [0.2, 0.25) is 0 Å². The van der Waals surface area contributed by atoms with Crippen molar-refractivity contribution >= 4 is 0 Å². The van der Waals surface area contributed by atoms with Gasteiger partial charge in [-0.15, -0.1) is 0 Å². The van der Waals surface area contributed by atoms with Crippen LogP contribution < -0.4 is 0 Å². The van der Waals surface area contributed by atoms with Gasteiger partial charge in [0.15, 0.2) is 0 Å². The fourth-order valence-corrected chi connectivity index (χ4v) is 2.49. The Bertz CT molecular complexity index is 527. The Morgan fingerprint density at radius 1 is 1.22 bits per heavy atom. The van der Waals surface area contributed by atoms with Crippen molar-refractivity contribution in [1.29, 1.82) is 0 Å². The predicted octanol–water partition coefficient (Wildman–Crippen LogP) is 2.13. The Morgan fingerprint density at radius 3 is 2.89 bits per heavy atom. The molecule has 3 heteroatoms. The van der Waals surface area contributed by atoms with Crippen molar-refractivity contribution < 1.29 is 5.11 Å². The lowest BCUT2D eigenvalue weighted by Gasteiger charge is -2.31. The van der Waals surface area contributed by atoms with E-state index in [2.05, 4.69) is 22.0 Å². The lowest BCUT2D eigenvalue weighted by atomic mass is 9.99. The summed E-state index contributed by atoms with van der Waals surface area (Å²) in [4.78, 5) is 6.35. The summed E-state index contributed by atoms with van der Waals surface area (Å²) in [5, 5.41) is 10.1. The van der Waals surface area contributed by atoms with Crippen molar-refractivity contribution in [3.8, 4) is 0 Å². The molecular formula is C15H16N2O. The molecule has 0 fully saturated rings. The molecule has 1 aromatic carbocycles. The average Bonchev–Trinajstić information content (AvgIpc) is 2.40. The van der Waals surface area contributed by atoms with E-state index in [9.17, 15) is 5.11 Å². The highest BCUT2D eigenvalue weighted by Crippen LogP contribution is 2.26. The summed E-state index contributed by atoms with van der Waals surface area (Å²) in [6.07, 6.45) is 3.14. The molecule has 2 heterocycles. The Labute approximate surface area is 107 Å². The smallest absolute Gasteiger partial charge is 0.0935 e. The van der Waals surface area contributed by atoms with E-state index in [1.54, 1.807) is 12.4 Å². The normalized spacial score (nSPS) is 19.5. The van der Waals surface area contributed by atoms with E-state index in [0.717, 1.165) is 18.7 Å². The fraction of sp³-hybridized carbons (Fsp3) is 0.267. The topological polar surface area (TPSA) is 36.4 Å². The Hall–Kier alpha value is -1.71. The van der Waals surface area contributed by atoms with E-state index in [1.165, 1.54) is 11.1 Å². The molecule has 1 aromatic heterocycles. The van der Waals surface area contributed by atoms with E-state index in [0.29, 0.717) is 6.54 Å². The number of nitrogens with zero attached hydrogens (tertiary/aromatic N) is 2. The maximum absolute atomic E-state index is 10.1. The number of fused-ring (bicyclic) bond motifs is 1. The molecule has 0 amide bonds. The Morgan fingerprint density at radius 2 is 2.06 bits per heavy atom. The van der Waals surface area contributed by atoms with Crippen LogP contribution in [0.5, 0.6) is 0 Å². The number of benzene rings is 1. The molecule has 0 bridgehead atoms. The predicted molar refractivity (Wildman–Crippen MR) is 69.8 cm³/mol. The Kier molecular flexibility index (Phi) is 3.09. The molecular weight excluding hydrogens is 224 g/mol.